The molecular formula is C12H16FNS. The zero-order valence-electron chi connectivity index (χ0n) is 8.71. The summed E-state index contributed by atoms with van der Waals surface area (Å²) in [5.41, 5.74) is 6.13. The van der Waals surface area contributed by atoms with Crippen LogP contribution in [0.2, 0.25) is 0 Å². The average molecular weight is 225 g/mol. The number of rotatable bonds is 5. The zero-order chi connectivity index (χ0) is 10.7. The molecule has 0 amide bonds. The summed E-state index contributed by atoms with van der Waals surface area (Å²) in [6.45, 7) is 0.802. The molecule has 0 aliphatic heterocycles. The largest absolute Gasteiger partial charge is 0.330 e. The standard InChI is InChI=1S/C12H16FNS/c13-10-2-1-3-11(8-10)15-7-6-12(9-14)4-5-12/h1-3,8H,4-7,9,14H2. The summed E-state index contributed by atoms with van der Waals surface area (Å²) >= 11 is 1.72. The third-order valence-corrected chi connectivity index (χ3v) is 4.08. The number of hydrogen-bond acceptors (Lipinski definition) is 2. The van der Waals surface area contributed by atoms with Crippen LogP contribution in [0, 0.1) is 11.2 Å². The van der Waals surface area contributed by atoms with Crippen molar-refractivity contribution in [3.63, 3.8) is 0 Å². The van der Waals surface area contributed by atoms with Crippen molar-refractivity contribution in [1.82, 2.24) is 0 Å². The van der Waals surface area contributed by atoms with Gasteiger partial charge in [0.25, 0.3) is 0 Å². The normalized spacial score (nSPS) is 17.7. The highest BCUT2D eigenvalue weighted by molar-refractivity contribution is 7.99. The summed E-state index contributed by atoms with van der Waals surface area (Å²) < 4.78 is 12.9. The first kappa shape index (κ1) is 11.0. The topological polar surface area (TPSA) is 26.0 Å². The van der Waals surface area contributed by atoms with Crippen LogP contribution in [0.5, 0.6) is 0 Å². The van der Waals surface area contributed by atoms with Gasteiger partial charge in [-0.2, -0.15) is 0 Å². The van der Waals surface area contributed by atoms with E-state index in [1.165, 1.54) is 18.9 Å². The maximum atomic E-state index is 12.9. The number of hydrogen-bond donors (Lipinski definition) is 1. The van der Waals surface area contributed by atoms with Crippen molar-refractivity contribution >= 4 is 11.8 Å². The van der Waals surface area contributed by atoms with Crippen molar-refractivity contribution in [3.8, 4) is 0 Å². The van der Waals surface area contributed by atoms with Crippen molar-refractivity contribution in [2.75, 3.05) is 12.3 Å². The van der Waals surface area contributed by atoms with E-state index in [0.717, 1.165) is 23.6 Å². The van der Waals surface area contributed by atoms with Gasteiger partial charge in [-0.15, -0.1) is 11.8 Å². The van der Waals surface area contributed by atoms with E-state index in [9.17, 15) is 4.39 Å². The third-order valence-electron chi connectivity index (χ3n) is 3.09. The molecule has 0 unspecified atom stereocenters. The van der Waals surface area contributed by atoms with E-state index >= 15 is 0 Å². The number of halogens is 1. The fraction of sp³-hybridized carbons (Fsp3) is 0.500. The van der Waals surface area contributed by atoms with Gasteiger partial charge >= 0.3 is 0 Å². The average Bonchev–Trinajstić information content (AvgIpc) is 2.99. The molecule has 2 rings (SSSR count). The zero-order valence-corrected chi connectivity index (χ0v) is 9.52. The molecule has 0 heterocycles. The van der Waals surface area contributed by atoms with Gasteiger partial charge in [-0.25, -0.2) is 4.39 Å². The SMILES string of the molecule is NCC1(CCSc2cccc(F)c2)CC1. The van der Waals surface area contributed by atoms with Crippen molar-refractivity contribution in [2.24, 2.45) is 11.1 Å². The van der Waals surface area contributed by atoms with Crippen LogP contribution >= 0.6 is 11.8 Å². The van der Waals surface area contributed by atoms with Gasteiger partial charge in [-0.1, -0.05) is 6.07 Å². The fourth-order valence-corrected chi connectivity index (χ4v) is 2.82. The molecule has 15 heavy (non-hydrogen) atoms. The highest BCUT2D eigenvalue weighted by Gasteiger charge is 2.40. The number of benzene rings is 1. The summed E-state index contributed by atoms with van der Waals surface area (Å²) in [4.78, 5) is 1.02. The first-order chi connectivity index (χ1) is 7.24. The van der Waals surface area contributed by atoms with Gasteiger partial charge in [0.1, 0.15) is 5.82 Å². The van der Waals surface area contributed by atoms with Crippen LogP contribution in [0.1, 0.15) is 19.3 Å². The molecule has 1 aromatic rings. The van der Waals surface area contributed by atoms with Crippen LogP contribution in [0.25, 0.3) is 0 Å². The Bertz CT molecular complexity index is 336. The highest BCUT2D eigenvalue weighted by atomic mass is 32.2. The number of thioether (sulfide) groups is 1. The Morgan fingerprint density at radius 2 is 2.20 bits per heavy atom. The summed E-state index contributed by atoms with van der Waals surface area (Å²) in [5.74, 6) is 0.890. The molecular weight excluding hydrogens is 209 g/mol. The van der Waals surface area contributed by atoms with Crippen molar-refractivity contribution < 1.29 is 4.39 Å². The molecule has 82 valence electrons. The Morgan fingerprint density at radius 1 is 1.40 bits per heavy atom. The first-order valence-electron chi connectivity index (χ1n) is 5.33. The molecule has 0 spiro atoms. The smallest absolute Gasteiger partial charge is 0.124 e. The van der Waals surface area contributed by atoms with Crippen LogP contribution in [-0.2, 0) is 0 Å². The second-order valence-electron chi connectivity index (χ2n) is 4.26. The van der Waals surface area contributed by atoms with Crippen molar-refractivity contribution in [3.05, 3.63) is 30.1 Å². The Morgan fingerprint density at radius 3 is 2.80 bits per heavy atom. The highest BCUT2D eigenvalue weighted by Crippen LogP contribution is 2.48. The predicted octanol–water partition coefficient (Wildman–Crippen LogP) is 3.05. The van der Waals surface area contributed by atoms with Gasteiger partial charge in [-0.3, -0.25) is 0 Å². The second kappa shape index (κ2) is 4.54. The van der Waals surface area contributed by atoms with E-state index in [1.807, 2.05) is 6.07 Å². The molecule has 0 saturated heterocycles. The Balaban J connectivity index is 1.78. The molecule has 0 aromatic heterocycles. The van der Waals surface area contributed by atoms with Gasteiger partial charge in [-0.05, 0) is 55.2 Å². The summed E-state index contributed by atoms with van der Waals surface area (Å²) in [6, 6.07) is 6.78. The minimum absolute atomic E-state index is 0.153. The number of nitrogens with two attached hydrogens (primary N) is 1. The summed E-state index contributed by atoms with van der Waals surface area (Å²) in [7, 11) is 0. The Hall–Kier alpha value is -0.540. The lowest BCUT2D eigenvalue weighted by molar-refractivity contribution is 0.509. The van der Waals surface area contributed by atoms with Crippen LogP contribution in [-0.4, -0.2) is 12.3 Å². The van der Waals surface area contributed by atoms with Crippen LogP contribution in [0.4, 0.5) is 4.39 Å². The van der Waals surface area contributed by atoms with Gasteiger partial charge in [0.05, 0.1) is 0 Å². The Kier molecular flexibility index (Phi) is 3.32. The van der Waals surface area contributed by atoms with E-state index in [4.69, 9.17) is 5.73 Å². The van der Waals surface area contributed by atoms with Crippen molar-refractivity contribution in [1.29, 1.82) is 0 Å². The summed E-state index contributed by atoms with van der Waals surface area (Å²) in [6.07, 6.45) is 3.70. The third kappa shape index (κ3) is 2.95. The maximum absolute atomic E-state index is 12.9. The van der Waals surface area contributed by atoms with E-state index in [2.05, 4.69) is 0 Å². The quantitative estimate of drug-likeness (QED) is 0.779. The minimum atomic E-state index is -0.153. The monoisotopic (exact) mass is 225 g/mol. The predicted molar refractivity (Wildman–Crippen MR) is 62.5 cm³/mol. The lowest BCUT2D eigenvalue weighted by atomic mass is 10.1. The first-order valence-corrected chi connectivity index (χ1v) is 6.31. The molecule has 1 fully saturated rings. The molecule has 1 aromatic carbocycles. The minimum Gasteiger partial charge on any atom is -0.330 e. The van der Waals surface area contributed by atoms with Gasteiger partial charge < -0.3 is 5.73 Å². The lowest BCUT2D eigenvalue weighted by Crippen LogP contribution is -2.15. The molecule has 0 radical (unpaired) electrons. The molecule has 0 bridgehead atoms. The van der Waals surface area contributed by atoms with Gasteiger partial charge in [0.15, 0.2) is 0 Å². The van der Waals surface area contributed by atoms with Crippen LogP contribution in [0.3, 0.4) is 0 Å². The fourth-order valence-electron chi connectivity index (χ4n) is 1.68. The molecule has 1 aliphatic carbocycles. The Labute approximate surface area is 94.2 Å². The molecule has 1 aliphatic rings. The van der Waals surface area contributed by atoms with E-state index in [1.54, 1.807) is 23.9 Å². The van der Waals surface area contributed by atoms with Gasteiger partial charge in [0, 0.05) is 4.90 Å². The van der Waals surface area contributed by atoms with Crippen LogP contribution in [0.15, 0.2) is 29.2 Å². The molecule has 3 heteroatoms. The van der Waals surface area contributed by atoms with Crippen molar-refractivity contribution in [2.45, 2.75) is 24.2 Å². The lowest BCUT2D eigenvalue weighted by Gasteiger charge is -2.10. The van der Waals surface area contributed by atoms with Crippen LogP contribution < -0.4 is 5.73 Å². The summed E-state index contributed by atoms with van der Waals surface area (Å²) in [5, 5.41) is 0. The van der Waals surface area contributed by atoms with E-state index in [0.29, 0.717) is 5.41 Å². The van der Waals surface area contributed by atoms with Gasteiger partial charge in [0.2, 0.25) is 0 Å². The molecule has 2 N–H and O–H groups in total. The maximum Gasteiger partial charge on any atom is 0.124 e. The van der Waals surface area contributed by atoms with E-state index < -0.39 is 0 Å². The van der Waals surface area contributed by atoms with E-state index in [-0.39, 0.29) is 5.82 Å². The molecule has 1 saturated carbocycles. The molecule has 0 atom stereocenters. The second-order valence-corrected chi connectivity index (χ2v) is 5.43. The molecule has 1 nitrogen and oxygen atoms in total.